The third-order valence-corrected chi connectivity index (χ3v) is 4.40. The summed E-state index contributed by atoms with van der Waals surface area (Å²) >= 11 is 0. The Balaban J connectivity index is 1.68. The molecule has 2 heterocycles. The Morgan fingerprint density at radius 2 is 1.77 bits per heavy atom. The van der Waals surface area contributed by atoms with Crippen LogP contribution < -0.4 is 15.0 Å². The first-order chi connectivity index (χ1) is 14.3. The molecule has 0 saturated heterocycles. The number of fused-ring (bicyclic) bond motifs is 1. The molecule has 1 aromatic carbocycles. The number of aromatic nitrogens is 2. The zero-order valence-electron chi connectivity index (χ0n) is 16.0. The van der Waals surface area contributed by atoms with Gasteiger partial charge in [0.25, 0.3) is 5.91 Å². The van der Waals surface area contributed by atoms with E-state index in [0.29, 0.717) is 0 Å². The number of hydrogen-bond acceptors (Lipinski definition) is 6. The Hall–Kier alpha value is -3.42. The van der Waals surface area contributed by atoms with Gasteiger partial charge in [-0.15, -0.1) is 0 Å². The predicted octanol–water partition coefficient (Wildman–Crippen LogP) is 1.85. The van der Waals surface area contributed by atoms with E-state index in [4.69, 9.17) is 0 Å². The van der Waals surface area contributed by atoms with Crippen molar-refractivity contribution in [3.05, 3.63) is 36.3 Å². The first-order valence-corrected chi connectivity index (χ1v) is 8.58. The van der Waals surface area contributed by atoms with E-state index in [2.05, 4.69) is 15.0 Å². The molecule has 0 radical (unpaired) electrons. The average Bonchev–Trinajstić information content (AvgIpc) is 3.08. The maximum Gasteiger partial charge on any atom is 0.499 e. The SMILES string of the molecule is CN1C(=O)c2c(ncn2CC(=O)Nc2ccc(OC(F)(F)C(F)(F)F)cc2)N(C)C1O. The van der Waals surface area contributed by atoms with Crippen molar-refractivity contribution in [1.29, 1.82) is 0 Å². The molecule has 3 rings (SSSR count). The van der Waals surface area contributed by atoms with E-state index in [1.54, 1.807) is 0 Å². The number of halogens is 5. The van der Waals surface area contributed by atoms with Crippen molar-refractivity contribution >= 4 is 23.3 Å². The number of aliphatic hydroxyl groups excluding tert-OH is 1. The molecule has 1 aliphatic rings. The molecule has 168 valence electrons. The van der Waals surface area contributed by atoms with Crippen LogP contribution in [0.4, 0.5) is 33.5 Å². The lowest BCUT2D eigenvalue weighted by Gasteiger charge is -2.36. The third-order valence-electron chi connectivity index (χ3n) is 4.40. The summed E-state index contributed by atoms with van der Waals surface area (Å²) in [4.78, 5) is 31.1. The highest BCUT2D eigenvalue weighted by atomic mass is 19.4. The molecular formula is C17H16F5N5O4. The maximum atomic E-state index is 12.9. The van der Waals surface area contributed by atoms with Crippen LogP contribution >= 0.6 is 0 Å². The van der Waals surface area contributed by atoms with Gasteiger partial charge in [0.05, 0.1) is 6.33 Å². The lowest BCUT2D eigenvalue weighted by atomic mass is 10.2. The van der Waals surface area contributed by atoms with Crippen LogP contribution in [0.1, 0.15) is 10.5 Å². The van der Waals surface area contributed by atoms with Crippen LogP contribution in [-0.2, 0) is 11.3 Å². The maximum absolute atomic E-state index is 12.9. The van der Waals surface area contributed by atoms with Crippen molar-refractivity contribution in [2.45, 2.75) is 25.2 Å². The van der Waals surface area contributed by atoms with Crippen molar-refractivity contribution in [3.8, 4) is 5.75 Å². The number of alkyl halides is 5. The van der Waals surface area contributed by atoms with E-state index in [9.17, 15) is 36.6 Å². The molecule has 14 heteroatoms. The summed E-state index contributed by atoms with van der Waals surface area (Å²) in [7, 11) is 2.88. The Labute approximate surface area is 171 Å². The van der Waals surface area contributed by atoms with Crippen molar-refractivity contribution in [2.75, 3.05) is 24.3 Å². The lowest BCUT2D eigenvalue weighted by molar-refractivity contribution is -0.360. The molecule has 0 spiro atoms. The average molecular weight is 449 g/mol. The van der Waals surface area contributed by atoms with Gasteiger partial charge in [0.15, 0.2) is 11.5 Å². The molecule has 0 bridgehead atoms. The zero-order valence-corrected chi connectivity index (χ0v) is 16.0. The van der Waals surface area contributed by atoms with E-state index in [0.717, 1.165) is 29.2 Å². The molecule has 1 unspecified atom stereocenters. The van der Waals surface area contributed by atoms with Crippen LogP contribution in [0.2, 0.25) is 0 Å². The number of nitrogens with one attached hydrogen (secondary N) is 1. The smallest absolute Gasteiger partial charge is 0.426 e. The van der Waals surface area contributed by atoms with Gasteiger partial charge >= 0.3 is 12.3 Å². The number of carbonyl (C=O) groups excluding carboxylic acids is 2. The predicted molar refractivity (Wildman–Crippen MR) is 95.4 cm³/mol. The fourth-order valence-corrected chi connectivity index (χ4v) is 2.78. The van der Waals surface area contributed by atoms with Crippen LogP contribution in [0.15, 0.2) is 30.6 Å². The second-order valence-corrected chi connectivity index (χ2v) is 6.61. The summed E-state index contributed by atoms with van der Waals surface area (Å²) in [5.41, 5.74) is 0.168. The summed E-state index contributed by atoms with van der Waals surface area (Å²) < 4.78 is 67.3. The van der Waals surface area contributed by atoms with Gasteiger partial charge in [-0.1, -0.05) is 0 Å². The number of nitrogens with zero attached hydrogens (tertiary/aromatic N) is 4. The molecular weight excluding hydrogens is 433 g/mol. The number of rotatable bonds is 5. The van der Waals surface area contributed by atoms with E-state index in [1.807, 2.05) is 0 Å². The Morgan fingerprint density at radius 1 is 1.16 bits per heavy atom. The minimum atomic E-state index is -5.88. The first-order valence-electron chi connectivity index (χ1n) is 8.58. The Kier molecular flexibility index (Phi) is 5.52. The molecule has 2 N–H and O–H groups in total. The van der Waals surface area contributed by atoms with Gasteiger partial charge in [-0.3, -0.25) is 14.5 Å². The molecule has 2 aromatic rings. The van der Waals surface area contributed by atoms with Gasteiger partial charge in [-0.05, 0) is 24.3 Å². The number of carbonyl (C=O) groups is 2. The number of hydrogen-bond donors (Lipinski definition) is 2. The van der Waals surface area contributed by atoms with Crippen LogP contribution in [0.5, 0.6) is 5.75 Å². The van der Waals surface area contributed by atoms with Crippen LogP contribution in [0, 0.1) is 0 Å². The van der Waals surface area contributed by atoms with Gasteiger partial charge in [-0.2, -0.15) is 22.0 Å². The second-order valence-electron chi connectivity index (χ2n) is 6.61. The molecule has 0 aliphatic carbocycles. The van der Waals surface area contributed by atoms with Crippen molar-refractivity contribution in [1.82, 2.24) is 14.5 Å². The largest absolute Gasteiger partial charge is 0.499 e. The monoisotopic (exact) mass is 449 g/mol. The normalized spacial score (nSPS) is 16.9. The van der Waals surface area contributed by atoms with Gasteiger partial charge in [-0.25, -0.2) is 4.98 Å². The molecule has 2 amide bonds. The van der Waals surface area contributed by atoms with Crippen molar-refractivity contribution in [3.63, 3.8) is 0 Å². The second kappa shape index (κ2) is 7.68. The van der Waals surface area contributed by atoms with Gasteiger partial charge in [0.2, 0.25) is 12.3 Å². The van der Waals surface area contributed by atoms with E-state index in [-0.39, 0.29) is 23.7 Å². The van der Waals surface area contributed by atoms with Crippen LogP contribution in [-0.4, -0.2) is 64.1 Å². The topological polar surface area (TPSA) is 99.9 Å². The molecule has 0 saturated carbocycles. The molecule has 31 heavy (non-hydrogen) atoms. The lowest BCUT2D eigenvalue weighted by Crippen LogP contribution is -2.52. The van der Waals surface area contributed by atoms with Crippen molar-refractivity contribution < 1.29 is 41.4 Å². The number of benzene rings is 1. The summed E-state index contributed by atoms with van der Waals surface area (Å²) in [6.45, 7) is -0.351. The number of aliphatic hydroxyl groups is 1. The van der Waals surface area contributed by atoms with Gasteiger partial charge < -0.3 is 24.6 Å². The summed E-state index contributed by atoms with van der Waals surface area (Å²) in [5, 5.41) is 12.4. The van der Waals surface area contributed by atoms with Gasteiger partial charge in [0, 0.05) is 19.8 Å². The number of imidazole rings is 1. The molecule has 1 aliphatic heterocycles. The number of ether oxygens (including phenoxy) is 1. The van der Waals surface area contributed by atoms with E-state index >= 15 is 0 Å². The number of anilines is 2. The van der Waals surface area contributed by atoms with E-state index < -0.39 is 36.2 Å². The first kappa shape index (κ1) is 22.3. The highest BCUT2D eigenvalue weighted by Crippen LogP contribution is 2.37. The minimum absolute atomic E-state index is 0.0728. The third kappa shape index (κ3) is 4.23. The van der Waals surface area contributed by atoms with Crippen molar-refractivity contribution in [2.24, 2.45) is 0 Å². The summed E-state index contributed by atoms with van der Waals surface area (Å²) in [6.07, 6.45) is -11.2. The zero-order chi connectivity index (χ0) is 23.1. The van der Waals surface area contributed by atoms with E-state index in [1.165, 1.54) is 29.9 Å². The quantitative estimate of drug-likeness (QED) is 0.676. The Bertz CT molecular complexity index is 992. The minimum Gasteiger partial charge on any atom is -0.426 e. The van der Waals surface area contributed by atoms with Crippen LogP contribution in [0.3, 0.4) is 0 Å². The fourth-order valence-electron chi connectivity index (χ4n) is 2.78. The highest BCUT2D eigenvalue weighted by molar-refractivity contribution is 6.00. The molecule has 1 atom stereocenters. The van der Waals surface area contributed by atoms with Crippen LogP contribution in [0.25, 0.3) is 0 Å². The Morgan fingerprint density at radius 3 is 2.35 bits per heavy atom. The molecule has 1 aromatic heterocycles. The molecule has 0 fully saturated rings. The van der Waals surface area contributed by atoms with Gasteiger partial charge in [0.1, 0.15) is 12.3 Å². The summed E-state index contributed by atoms with van der Waals surface area (Å²) in [6, 6.07) is 3.82. The number of amides is 2. The fraction of sp³-hybridized carbons (Fsp3) is 0.353. The molecule has 9 nitrogen and oxygen atoms in total. The summed E-state index contributed by atoms with van der Waals surface area (Å²) in [5.74, 6) is -1.76. The highest BCUT2D eigenvalue weighted by Gasteiger charge is 2.61. The standard InChI is InChI=1S/C17H16F5N5O4/c1-25-13-12(14(29)26(2)15(25)30)27(8-23-13)7-11(28)24-9-3-5-10(6-4-9)31-17(21,22)16(18,19)20/h3-6,8,15,30H,7H2,1-2H3,(H,24,28).